The first-order valence-electron chi connectivity index (χ1n) is 9.27. The Kier molecular flexibility index (Phi) is 5.61. The van der Waals surface area contributed by atoms with Crippen molar-refractivity contribution in [2.75, 3.05) is 18.4 Å². The van der Waals surface area contributed by atoms with Crippen LogP contribution in [0.15, 0.2) is 47.4 Å². The van der Waals surface area contributed by atoms with Crippen LogP contribution >= 0.6 is 22.9 Å². The molecule has 1 amide bonds. The van der Waals surface area contributed by atoms with E-state index in [1.807, 2.05) is 25.1 Å². The molecule has 0 radical (unpaired) electrons. The van der Waals surface area contributed by atoms with Crippen LogP contribution in [-0.2, 0) is 14.8 Å². The number of benzene rings is 2. The standard InChI is InChI=1S/C20H20ClN3O3S2/c1-13-22-18-7-4-16(12-19(18)28-13)23-20(25)14-8-10-24(11-9-14)29(26,27)17-5-2-15(21)3-6-17/h2-7,12,14H,8-11H2,1H3,(H,23,25). The van der Waals surface area contributed by atoms with E-state index in [-0.39, 0.29) is 16.7 Å². The Hall–Kier alpha value is -2.00. The summed E-state index contributed by atoms with van der Waals surface area (Å²) in [7, 11) is -3.57. The summed E-state index contributed by atoms with van der Waals surface area (Å²) in [5, 5.41) is 4.44. The lowest BCUT2D eigenvalue weighted by Crippen LogP contribution is -2.41. The second-order valence-corrected chi connectivity index (χ2v) is 10.6. The quantitative estimate of drug-likeness (QED) is 0.644. The Balaban J connectivity index is 1.39. The first-order chi connectivity index (χ1) is 13.8. The van der Waals surface area contributed by atoms with Gasteiger partial charge in [0.25, 0.3) is 0 Å². The summed E-state index contributed by atoms with van der Waals surface area (Å²) in [6, 6.07) is 11.8. The second kappa shape index (κ2) is 8.02. The molecule has 0 atom stereocenters. The predicted molar refractivity (Wildman–Crippen MR) is 116 cm³/mol. The number of fused-ring (bicyclic) bond motifs is 1. The van der Waals surface area contributed by atoms with E-state index in [0.29, 0.717) is 31.0 Å². The summed E-state index contributed by atoms with van der Waals surface area (Å²) in [4.78, 5) is 17.3. The average Bonchev–Trinajstić information content (AvgIpc) is 3.07. The number of sulfonamides is 1. The van der Waals surface area contributed by atoms with Crippen LogP contribution in [0.25, 0.3) is 10.2 Å². The van der Waals surface area contributed by atoms with Gasteiger partial charge in [0.05, 0.1) is 20.1 Å². The maximum Gasteiger partial charge on any atom is 0.243 e. The average molecular weight is 450 g/mol. The number of aryl methyl sites for hydroxylation is 1. The summed E-state index contributed by atoms with van der Waals surface area (Å²) in [5.74, 6) is -0.292. The number of hydrogen-bond donors (Lipinski definition) is 1. The Morgan fingerprint density at radius 3 is 2.55 bits per heavy atom. The summed E-state index contributed by atoms with van der Waals surface area (Å²) in [6.07, 6.45) is 0.973. The van der Waals surface area contributed by atoms with Crippen LogP contribution in [0.1, 0.15) is 17.8 Å². The van der Waals surface area contributed by atoms with Crippen LogP contribution in [-0.4, -0.2) is 36.7 Å². The van der Waals surface area contributed by atoms with Crippen LogP contribution in [0.4, 0.5) is 5.69 Å². The molecule has 1 N–H and O–H groups in total. The molecule has 2 heterocycles. The molecule has 0 saturated carbocycles. The second-order valence-electron chi connectivity index (χ2n) is 7.04. The number of thiazole rings is 1. The maximum absolute atomic E-state index is 12.8. The third-order valence-corrected chi connectivity index (χ3v) is 8.14. The number of aromatic nitrogens is 1. The van der Waals surface area contributed by atoms with Crippen molar-refractivity contribution < 1.29 is 13.2 Å². The van der Waals surface area contributed by atoms with Gasteiger partial charge in [-0.3, -0.25) is 4.79 Å². The van der Waals surface area contributed by atoms with Gasteiger partial charge in [-0.25, -0.2) is 13.4 Å². The molecule has 1 aliphatic heterocycles. The van der Waals surface area contributed by atoms with Crippen LogP contribution < -0.4 is 5.32 Å². The molecule has 0 spiro atoms. The smallest absolute Gasteiger partial charge is 0.243 e. The van der Waals surface area contributed by atoms with Crippen molar-refractivity contribution in [2.45, 2.75) is 24.7 Å². The molecule has 1 fully saturated rings. The fourth-order valence-corrected chi connectivity index (χ4v) is 5.94. The highest BCUT2D eigenvalue weighted by molar-refractivity contribution is 7.89. The van der Waals surface area contributed by atoms with Crippen molar-refractivity contribution in [3.63, 3.8) is 0 Å². The Labute approximate surface area is 178 Å². The molecular weight excluding hydrogens is 430 g/mol. The van der Waals surface area contributed by atoms with E-state index in [1.165, 1.54) is 16.4 Å². The number of hydrogen-bond acceptors (Lipinski definition) is 5. The van der Waals surface area contributed by atoms with E-state index in [2.05, 4.69) is 10.3 Å². The lowest BCUT2D eigenvalue weighted by atomic mass is 9.97. The SMILES string of the molecule is Cc1nc2ccc(NC(=O)C3CCN(S(=O)(=O)c4ccc(Cl)cc4)CC3)cc2s1. The van der Waals surface area contributed by atoms with E-state index >= 15 is 0 Å². The lowest BCUT2D eigenvalue weighted by Gasteiger charge is -2.30. The zero-order valence-corrected chi connectivity index (χ0v) is 18.1. The monoisotopic (exact) mass is 449 g/mol. The maximum atomic E-state index is 12.8. The van der Waals surface area contributed by atoms with Gasteiger partial charge in [-0.1, -0.05) is 11.6 Å². The van der Waals surface area contributed by atoms with Gasteiger partial charge in [-0.15, -0.1) is 11.3 Å². The minimum Gasteiger partial charge on any atom is -0.326 e. The van der Waals surface area contributed by atoms with Gasteiger partial charge in [0.15, 0.2) is 0 Å². The van der Waals surface area contributed by atoms with Gasteiger partial charge in [-0.05, 0) is 62.2 Å². The van der Waals surface area contributed by atoms with Gasteiger partial charge in [0.1, 0.15) is 0 Å². The Morgan fingerprint density at radius 2 is 1.86 bits per heavy atom. The van der Waals surface area contributed by atoms with E-state index in [0.717, 1.165) is 20.9 Å². The van der Waals surface area contributed by atoms with Crippen molar-refractivity contribution in [3.05, 3.63) is 52.5 Å². The largest absolute Gasteiger partial charge is 0.326 e. The van der Waals surface area contributed by atoms with Gasteiger partial charge in [0.2, 0.25) is 15.9 Å². The molecule has 0 aliphatic carbocycles. The van der Waals surface area contributed by atoms with Gasteiger partial charge >= 0.3 is 0 Å². The summed E-state index contributed by atoms with van der Waals surface area (Å²) in [6.45, 7) is 2.58. The van der Waals surface area contributed by atoms with Crippen LogP contribution in [0.3, 0.4) is 0 Å². The number of nitrogens with zero attached hydrogens (tertiary/aromatic N) is 2. The summed E-state index contributed by atoms with van der Waals surface area (Å²) in [5.41, 5.74) is 1.66. The highest BCUT2D eigenvalue weighted by Gasteiger charge is 2.32. The Bertz CT molecular complexity index is 1150. The molecule has 1 aromatic heterocycles. The zero-order chi connectivity index (χ0) is 20.6. The van der Waals surface area contributed by atoms with Crippen molar-refractivity contribution in [2.24, 2.45) is 5.92 Å². The first-order valence-corrected chi connectivity index (χ1v) is 11.9. The fraction of sp³-hybridized carbons (Fsp3) is 0.300. The third-order valence-electron chi connectivity index (χ3n) is 5.04. The number of nitrogens with one attached hydrogen (secondary N) is 1. The van der Waals surface area contributed by atoms with Crippen LogP contribution in [0.2, 0.25) is 5.02 Å². The van der Waals surface area contributed by atoms with Crippen molar-refractivity contribution in [1.29, 1.82) is 0 Å². The highest BCUT2D eigenvalue weighted by atomic mass is 35.5. The lowest BCUT2D eigenvalue weighted by molar-refractivity contribution is -0.120. The number of rotatable bonds is 4. The molecule has 0 unspecified atom stereocenters. The molecule has 1 saturated heterocycles. The minimum atomic E-state index is -3.57. The number of anilines is 1. The number of piperidine rings is 1. The fourth-order valence-electron chi connectivity index (χ4n) is 3.48. The molecule has 4 rings (SSSR count). The summed E-state index contributed by atoms with van der Waals surface area (Å²) < 4.78 is 28.0. The van der Waals surface area contributed by atoms with Gasteiger partial charge in [0, 0.05) is 29.7 Å². The molecule has 3 aromatic rings. The number of halogens is 1. The van der Waals surface area contributed by atoms with E-state index in [9.17, 15) is 13.2 Å². The predicted octanol–water partition coefficient (Wildman–Crippen LogP) is 4.30. The highest BCUT2D eigenvalue weighted by Crippen LogP contribution is 2.28. The van der Waals surface area contributed by atoms with E-state index < -0.39 is 10.0 Å². The molecule has 0 bridgehead atoms. The van der Waals surface area contributed by atoms with Gasteiger partial charge < -0.3 is 5.32 Å². The molecule has 6 nitrogen and oxygen atoms in total. The zero-order valence-electron chi connectivity index (χ0n) is 15.8. The summed E-state index contributed by atoms with van der Waals surface area (Å²) >= 11 is 7.43. The first kappa shape index (κ1) is 20.3. The number of carbonyl (C=O) groups is 1. The molecule has 2 aromatic carbocycles. The molecule has 29 heavy (non-hydrogen) atoms. The molecule has 1 aliphatic rings. The van der Waals surface area contributed by atoms with Crippen LogP contribution in [0, 0.1) is 12.8 Å². The normalized spacial score (nSPS) is 16.2. The molecule has 152 valence electrons. The van der Waals surface area contributed by atoms with Crippen molar-refractivity contribution >= 4 is 54.8 Å². The van der Waals surface area contributed by atoms with Crippen LogP contribution in [0.5, 0.6) is 0 Å². The number of carbonyl (C=O) groups excluding carboxylic acids is 1. The molecular formula is C20H20ClN3O3S2. The van der Waals surface area contributed by atoms with Crippen molar-refractivity contribution in [1.82, 2.24) is 9.29 Å². The van der Waals surface area contributed by atoms with Gasteiger partial charge in [-0.2, -0.15) is 4.31 Å². The minimum absolute atomic E-state index is 0.0749. The van der Waals surface area contributed by atoms with Crippen molar-refractivity contribution in [3.8, 4) is 0 Å². The third kappa shape index (κ3) is 4.30. The number of amides is 1. The Morgan fingerprint density at radius 1 is 1.17 bits per heavy atom. The molecule has 9 heteroatoms. The topological polar surface area (TPSA) is 79.4 Å². The van der Waals surface area contributed by atoms with E-state index in [1.54, 1.807) is 23.5 Å². The van der Waals surface area contributed by atoms with E-state index in [4.69, 9.17) is 11.6 Å².